The molecule has 10 nitrogen and oxygen atoms in total. The van der Waals surface area contributed by atoms with Crippen LogP contribution in [0.4, 0.5) is 0 Å². The molecule has 1 N–H and O–H groups in total. The molecule has 0 aliphatic carbocycles. The van der Waals surface area contributed by atoms with Crippen LogP contribution >= 0.6 is 0 Å². The Balaban J connectivity index is 1.29. The fraction of sp³-hybridized carbons (Fsp3) is 0.333. The molecule has 11 heteroatoms. The van der Waals surface area contributed by atoms with Crippen molar-refractivity contribution in [2.75, 3.05) is 27.5 Å². The number of methoxy groups -OCH3 is 1. The number of fused-ring (bicyclic) bond motifs is 1. The number of likely N-dealkylation sites (tertiary alicyclic amines) is 1. The van der Waals surface area contributed by atoms with Gasteiger partial charge in [-0.3, -0.25) is 4.90 Å². The van der Waals surface area contributed by atoms with Crippen LogP contribution in [0.1, 0.15) is 18.4 Å². The molecule has 0 radical (unpaired) electrons. The Kier molecular flexibility index (Phi) is 5.24. The van der Waals surface area contributed by atoms with Crippen LogP contribution in [0.15, 0.2) is 51.9 Å². The van der Waals surface area contributed by atoms with E-state index in [0.717, 1.165) is 5.56 Å². The molecule has 5 rings (SSSR count). The maximum Gasteiger partial charge on any atom is 0.244 e. The van der Waals surface area contributed by atoms with Gasteiger partial charge in [-0.15, -0.1) is 0 Å². The maximum absolute atomic E-state index is 12.8. The van der Waals surface area contributed by atoms with Gasteiger partial charge in [-0.25, -0.2) is 13.1 Å². The van der Waals surface area contributed by atoms with E-state index in [4.69, 9.17) is 18.7 Å². The summed E-state index contributed by atoms with van der Waals surface area (Å²) in [6.45, 7) is 0.707. The summed E-state index contributed by atoms with van der Waals surface area (Å²) in [4.78, 5) is 6.73. The third-order valence-electron chi connectivity index (χ3n) is 5.60. The van der Waals surface area contributed by atoms with E-state index in [1.807, 2.05) is 18.0 Å². The molecule has 1 aromatic heterocycles. The third kappa shape index (κ3) is 3.90. The Morgan fingerprint density at radius 1 is 1.12 bits per heavy atom. The Hall–Kier alpha value is -3.15. The molecule has 2 aliphatic rings. The first-order chi connectivity index (χ1) is 15.4. The van der Waals surface area contributed by atoms with Crippen LogP contribution in [-0.2, 0) is 10.0 Å². The first-order valence-corrected chi connectivity index (χ1v) is 11.5. The zero-order valence-electron chi connectivity index (χ0n) is 17.5. The average Bonchev–Trinajstić information content (AvgIpc) is 3.52. The van der Waals surface area contributed by atoms with Crippen LogP contribution in [0, 0.1) is 0 Å². The van der Waals surface area contributed by atoms with Gasteiger partial charge in [0.15, 0.2) is 11.5 Å². The van der Waals surface area contributed by atoms with Crippen molar-refractivity contribution in [2.45, 2.75) is 23.4 Å². The summed E-state index contributed by atoms with van der Waals surface area (Å²) in [5.41, 5.74) is 0.752. The van der Waals surface area contributed by atoms with Crippen LogP contribution in [0.25, 0.3) is 11.4 Å². The minimum Gasteiger partial charge on any atom is -0.497 e. The number of sulfonamides is 1. The third-order valence-corrected chi connectivity index (χ3v) is 7.13. The average molecular weight is 458 g/mol. The summed E-state index contributed by atoms with van der Waals surface area (Å²) < 4.78 is 49.7. The summed E-state index contributed by atoms with van der Waals surface area (Å²) in [6.07, 6.45) is 0.509. The van der Waals surface area contributed by atoms with E-state index >= 15 is 0 Å². The summed E-state index contributed by atoms with van der Waals surface area (Å²) in [6, 6.07) is 11.2. The molecule has 0 bridgehead atoms. The van der Waals surface area contributed by atoms with E-state index in [1.54, 1.807) is 24.3 Å². The van der Waals surface area contributed by atoms with Crippen molar-refractivity contribution >= 4 is 10.0 Å². The highest BCUT2D eigenvalue weighted by atomic mass is 32.2. The Morgan fingerprint density at radius 3 is 2.69 bits per heavy atom. The zero-order valence-corrected chi connectivity index (χ0v) is 18.3. The van der Waals surface area contributed by atoms with Gasteiger partial charge in [0, 0.05) is 18.2 Å². The lowest BCUT2D eigenvalue weighted by Crippen LogP contribution is -2.36. The summed E-state index contributed by atoms with van der Waals surface area (Å²) in [5.74, 6) is 2.79. The molecule has 3 heterocycles. The quantitative estimate of drug-likeness (QED) is 0.593. The number of aromatic nitrogens is 2. The first-order valence-electron chi connectivity index (χ1n) is 10.0. The van der Waals surface area contributed by atoms with Crippen molar-refractivity contribution in [1.82, 2.24) is 19.8 Å². The number of rotatable bonds is 6. The predicted octanol–water partition coefficient (Wildman–Crippen LogP) is 2.20. The van der Waals surface area contributed by atoms with Crippen LogP contribution in [0.2, 0.25) is 0 Å². The molecule has 32 heavy (non-hydrogen) atoms. The number of benzene rings is 2. The molecular weight excluding hydrogens is 436 g/mol. The second kappa shape index (κ2) is 8.08. The van der Waals surface area contributed by atoms with Crippen LogP contribution in [-0.4, -0.2) is 57.0 Å². The van der Waals surface area contributed by atoms with Crippen LogP contribution in [0.5, 0.6) is 17.2 Å². The van der Waals surface area contributed by atoms with E-state index < -0.39 is 10.0 Å². The number of hydrogen-bond acceptors (Lipinski definition) is 9. The zero-order chi connectivity index (χ0) is 22.3. The molecule has 3 aromatic rings. The van der Waals surface area contributed by atoms with Gasteiger partial charge in [-0.05, 0) is 55.9 Å². The van der Waals surface area contributed by atoms with E-state index in [1.165, 1.54) is 19.2 Å². The van der Waals surface area contributed by atoms with Crippen molar-refractivity contribution in [2.24, 2.45) is 0 Å². The predicted molar refractivity (Wildman–Crippen MR) is 113 cm³/mol. The normalized spacial score (nSPS) is 20.6. The molecule has 2 aliphatic heterocycles. The number of hydrogen-bond donors (Lipinski definition) is 1. The van der Waals surface area contributed by atoms with Crippen molar-refractivity contribution in [1.29, 1.82) is 0 Å². The topological polar surface area (TPSA) is 116 Å². The van der Waals surface area contributed by atoms with Crippen molar-refractivity contribution < 1.29 is 27.2 Å². The molecule has 168 valence electrons. The Bertz CT molecular complexity index is 1230. The minimum absolute atomic E-state index is 0.187. The van der Waals surface area contributed by atoms with Gasteiger partial charge in [0.2, 0.25) is 28.5 Å². The van der Waals surface area contributed by atoms with Gasteiger partial charge >= 0.3 is 0 Å². The second-order valence-corrected chi connectivity index (χ2v) is 9.42. The molecule has 0 saturated carbocycles. The molecule has 1 fully saturated rings. The lowest BCUT2D eigenvalue weighted by molar-refractivity contribution is 0.174. The van der Waals surface area contributed by atoms with Gasteiger partial charge in [-0.1, -0.05) is 5.16 Å². The lowest BCUT2D eigenvalue weighted by Gasteiger charge is -2.14. The molecule has 1 saturated heterocycles. The van der Waals surface area contributed by atoms with Gasteiger partial charge in [-0.2, -0.15) is 4.98 Å². The van der Waals surface area contributed by atoms with Crippen LogP contribution < -0.4 is 18.9 Å². The van der Waals surface area contributed by atoms with E-state index in [9.17, 15) is 8.42 Å². The number of likely N-dealkylation sites (N-methyl/N-ethyl adjacent to an activating group) is 1. The molecule has 2 atom stereocenters. The Morgan fingerprint density at radius 2 is 1.91 bits per heavy atom. The molecular formula is C21H22N4O6S. The maximum atomic E-state index is 12.8. The summed E-state index contributed by atoms with van der Waals surface area (Å²) in [7, 11) is -0.233. The Labute approximate surface area is 185 Å². The summed E-state index contributed by atoms with van der Waals surface area (Å²) >= 11 is 0. The highest BCUT2D eigenvalue weighted by Crippen LogP contribution is 2.36. The number of ether oxygens (including phenoxy) is 3. The van der Waals surface area contributed by atoms with Crippen molar-refractivity contribution in [3.8, 4) is 28.6 Å². The summed E-state index contributed by atoms with van der Waals surface area (Å²) in [5, 5.41) is 4.09. The monoisotopic (exact) mass is 458 g/mol. The SMILES string of the molecule is COc1ccc(S(=O)(=O)N[C@H]2C[C@@H](c3nc(-c4ccc5c(c4)OCO5)no3)N(C)C2)cc1. The number of nitrogens with one attached hydrogen (secondary N) is 1. The smallest absolute Gasteiger partial charge is 0.244 e. The van der Waals surface area contributed by atoms with E-state index in [0.29, 0.717) is 41.9 Å². The van der Waals surface area contributed by atoms with Gasteiger partial charge in [0.05, 0.1) is 18.0 Å². The molecule has 2 aromatic carbocycles. The van der Waals surface area contributed by atoms with Crippen molar-refractivity contribution in [3.05, 3.63) is 48.4 Å². The standard InChI is InChI=1S/C21H22N4O6S/c1-25-11-14(24-32(26,27)16-6-4-15(28-2)5-7-16)10-17(25)21-22-20(23-31-21)13-3-8-18-19(9-13)30-12-29-18/h3-9,14,17,24H,10-12H2,1-2H3/t14-,17-/m0/s1. The van der Waals surface area contributed by atoms with Crippen molar-refractivity contribution in [3.63, 3.8) is 0 Å². The molecule has 0 amide bonds. The highest BCUT2D eigenvalue weighted by Gasteiger charge is 2.36. The fourth-order valence-electron chi connectivity index (χ4n) is 3.94. The first kappa shape index (κ1) is 20.7. The largest absolute Gasteiger partial charge is 0.497 e. The van der Waals surface area contributed by atoms with Gasteiger partial charge < -0.3 is 18.7 Å². The van der Waals surface area contributed by atoms with Gasteiger partial charge in [0.1, 0.15) is 5.75 Å². The molecule has 0 spiro atoms. The van der Waals surface area contributed by atoms with E-state index in [2.05, 4.69) is 14.9 Å². The second-order valence-electron chi connectivity index (χ2n) is 7.71. The van der Waals surface area contributed by atoms with Gasteiger partial charge in [0.25, 0.3) is 0 Å². The van der Waals surface area contributed by atoms with E-state index in [-0.39, 0.29) is 23.8 Å². The van der Waals surface area contributed by atoms with Crippen LogP contribution in [0.3, 0.4) is 0 Å². The highest BCUT2D eigenvalue weighted by molar-refractivity contribution is 7.89. The lowest BCUT2D eigenvalue weighted by atomic mass is 10.1. The fourth-order valence-corrected chi connectivity index (χ4v) is 5.18. The minimum atomic E-state index is -3.67. The molecule has 0 unspecified atom stereocenters. The number of nitrogens with zero attached hydrogens (tertiary/aromatic N) is 3.